The third-order valence-corrected chi connectivity index (χ3v) is 2.98. The van der Waals surface area contributed by atoms with E-state index in [-0.39, 0.29) is 23.3 Å². The number of halogens is 2. The molecule has 0 N–H and O–H groups in total. The molecule has 1 heterocycles. The molecule has 110 valence electrons. The van der Waals surface area contributed by atoms with E-state index in [9.17, 15) is 13.6 Å². The van der Waals surface area contributed by atoms with E-state index in [0.717, 1.165) is 6.07 Å². The lowest BCUT2D eigenvalue weighted by Crippen LogP contribution is -2.12. The molecule has 0 aliphatic heterocycles. The summed E-state index contributed by atoms with van der Waals surface area (Å²) in [5, 5.41) is -0.186. The molecule has 0 bridgehead atoms. The van der Waals surface area contributed by atoms with Crippen LogP contribution in [0.25, 0.3) is 10.9 Å². The molecule has 2 aromatic rings. The predicted molar refractivity (Wildman–Crippen MR) is 73.3 cm³/mol. The van der Waals surface area contributed by atoms with Gasteiger partial charge in [-0.2, -0.15) is 0 Å². The summed E-state index contributed by atoms with van der Waals surface area (Å²) in [6, 6.07) is 2.29. The molecule has 1 aromatic heterocycles. The number of hydrogen-bond donors (Lipinski definition) is 0. The molecular weight excluding hydrogens is 280 g/mol. The van der Waals surface area contributed by atoms with Crippen molar-refractivity contribution in [3.8, 4) is 5.75 Å². The van der Waals surface area contributed by atoms with Crippen LogP contribution < -0.4 is 4.74 Å². The van der Waals surface area contributed by atoms with Crippen LogP contribution in [-0.4, -0.2) is 17.7 Å². The molecule has 0 aliphatic carbocycles. The SMILES string of the molecule is C=CCOC(=O)Oc1c(C)c(C)nc2ccc(F)c(F)c12. The van der Waals surface area contributed by atoms with Crippen LogP contribution in [0.4, 0.5) is 13.6 Å². The summed E-state index contributed by atoms with van der Waals surface area (Å²) < 4.78 is 37.1. The number of fused-ring (bicyclic) bond motifs is 1. The van der Waals surface area contributed by atoms with E-state index < -0.39 is 17.8 Å². The number of aromatic nitrogens is 1. The monoisotopic (exact) mass is 293 g/mol. The van der Waals surface area contributed by atoms with Gasteiger partial charge in [0.1, 0.15) is 6.61 Å². The summed E-state index contributed by atoms with van der Waals surface area (Å²) in [4.78, 5) is 15.7. The van der Waals surface area contributed by atoms with Gasteiger partial charge in [0.25, 0.3) is 0 Å². The van der Waals surface area contributed by atoms with Crippen molar-refractivity contribution >= 4 is 17.1 Å². The maximum Gasteiger partial charge on any atom is 0.514 e. The molecule has 2 rings (SSSR count). The fraction of sp³-hybridized carbons (Fsp3) is 0.200. The molecule has 0 fully saturated rings. The van der Waals surface area contributed by atoms with E-state index in [4.69, 9.17) is 9.47 Å². The predicted octanol–water partition coefficient (Wildman–Crippen LogP) is 3.83. The van der Waals surface area contributed by atoms with E-state index in [1.165, 1.54) is 12.1 Å². The first kappa shape index (κ1) is 14.9. The van der Waals surface area contributed by atoms with E-state index in [1.807, 2.05) is 0 Å². The van der Waals surface area contributed by atoms with Gasteiger partial charge in [-0.1, -0.05) is 12.7 Å². The molecule has 1 aromatic carbocycles. The highest BCUT2D eigenvalue weighted by molar-refractivity contribution is 5.89. The third kappa shape index (κ3) is 2.84. The van der Waals surface area contributed by atoms with E-state index >= 15 is 0 Å². The Bertz CT molecular complexity index is 729. The van der Waals surface area contributed by atoms with Crippen LogP contribution >= 0.6 is 0 Å². The molecule has 4 nitrogen and oxygen atoms in total. The van der Waals surface area contributed by atoms with Crippen molar-refractivity contribution in [2.75, 3.05) is 6.61 Å². The van der Waals surface area contributed by atoms with Gasteiger partial charge < -0.3 is 9.47 Å². The van der Waals surface area contributed by atoms with E-state index in [1.54, 1.807) is 13.8 Å². The lowest BCUT2D eigenvalue weighted by atomic mass is 10.1. The van der Waals surface area contributed by atoms with Crippen LogP contribution in [0.2, 0.25) is 0 Å². The Morgan fingerprint density at radius 2 is 2.10 bits per heavy atom. The quantitative estimate of drug-likeness (QED) is 0.637. The number of benzene rings is 1. The fourth-order valence-electron chi connectivity index (χ4n) is 1.83. The van der Waals surface area contributed by atoms with Gasteiger partial charge in [-0.25, -0.2) is 13.6 Å². The van der Waals surface area contributed by atoms with Crippen molar-refractivity contribution in [1.29, 1.82) is 0 Å². The summed E-state index contributed by atoms with van der Waals surface area (Å²) >= 11 is 0. The zero-order chi connectivity index (χ0) is 15.6. The van der Waals surface area contributed by atoms with Gasteiger partial charge in [0.05, 0.1) is 10.9 Å². The second-order valence-electron chi connectivity index (χ2n) is 4.36. The smallest absolute Gasteiger partial charge is 0.430 e. The number of nitrogens with zero attached hydrogens (tertiary/aromatic N) is 1. The highest BCUT2D eigenvalue weighted by Crippen LogP contribution is 2.33. The minimum atomic E-state index is -1.12. The Morgan fingerprint density at radius 1 is 1.38 bits per heavy atom. The van der Waals surface area contributed by atoms with Crippen LogP contribution in [0.15, 0.2) is 24.8 Å². The van der Waals surface area contributed by atoms with Gasteiger partial charge in [-0.15, -0.1) is 0 Å². The normalized spacial score (nSPS) is 10.5. The maximum atomic E-state index is 14.0. The Kier molecular flexibility index (Phi) is 4.16. The number of ether oxygens (including phenoxy) is 2. The van der Waals surface area contributed by atoms with Crippen LogP contribution in [0.5, 0.6) is 5.75 Å². The summed E-state index contributed by atoms with van der Waals surface area (Å²) in [6.07, 6.45) is 0.346. The molecule has 0 spiro atoms. The van der Waals surface area contributed by atoms with Gasteiger partial charge in [-0.05, 0) is 26.0 Å². The molecule has 0 atom stereocenters. The Hall–Kier alpha value is -2.50. The van der Waals surface area contributed by atoms with Gasteiger partial charge in [0, 0.05) is 11.3 Å². The Balaban J connectivity index is 2.59. The summed E-state index contributed by atoms with van der Waals surface area (Å²) in [5.41, 5.74) is 1.17. The minimum absolute atomic E-state index is 0.0449. The first-order valence-electron chi connectivity index (χ1n) is 6.16. The van der Waals surface area contributed by atoms with Crippen molar-refractivity contribution in [3.05, 3.63) is 47.7 Å². The molecule has 0 saturated carbocycles. The van der Waals surface area contributed by atoms with E-state index in [0.29, 0.717) is 11.3 Å². The number of pyridine rings is 1. The Morgan fingerprint density at radius 3 is 2.76 bits per heavy atom. The van der Waals surface area contributed by atoms with Crippen molar-refractivity contribution in [1.82, 2.24) is 4.98 Å². The number of carbonyl (C=O) groups excluding carboxylic acids is 1. The zero-order valence-electron chi connectivity index (χ0n) is 11.6. The van der Waals surface area contributed by atoms with Crippen LogP contribution in [0.1, 0.15) is 11.3 Å². The average molecular weight is 293 g/mol. The second-order valence-corrected chi connectivity index (χ2v) is 4.36. The van der Waals surface area contributed by atoms with Crippen LogP contribution in [-0.2, 0) is 4.74 Å². The summed E-state index contributed by atoms with van der Waals surface area (Å²) in [5.74, 6) is -2.25. The zero-order valence-corrected chi connectivity index (χ0v) is 11.6. The average Bonchev–Trinajstić information content (AvgIpc) is 2.45. The number of rotatable bonds is 3. The summed E-state index contributed by atoms with van der Waals surface area (Å²) in [6.45, 7) is 6.63. The highest BCUT2D eigenvalue weighted by atomic mass is 19.2. The third-order valence-electron chi connectivity index (χ3n) is 2.98. The van der Waals surface area contributed by atoms with Gasteiger partial charge in [0.15, 0.2) is 17.4 Å². The fourth-order valence-corrected chi connectivity index (χ4v) is 1.83. The van der Waals surface area contributed by atoms with Gasteiger partial charge in [0.2, 0.25) is 0 Å². The van der Waals surface area contributed by atoms with Crippen molar-refractivity contribution in [2.24, 2.45) is 0 Å². The summed E-state index contributed by atoms with van der Waals surface area (Å²) in [7, 11) is 0. The number of hydrogen-bond acceptors (Lipinski definition) is 4. The van der Waals surface area contributed by atoms with Gasteiger partial charge >= 0.3 is 6.16 Å². The lowest BCUT2D eigenvalue weighted by molar-refractivity contribution is 0.110. The largest absolute Gasteiger partial charge is 0.514 e. The van der Waals surface area contributed by atoms with Crippen molar-refractivity contribution in [2.45, 2.75) is 13.8 Å². The number of aryl methyl sites for hydroxylation is 1. The van der Waals surface area contributed by atoms with Crippen molar-refractivity contribution < 1.29 is 23.0 Å². The number of carbonyl (C=O) groups is 1. The lowest BCUT2D eigenvalue weighted by Gasteiger charge is -2.13. The topological polar surface area (TPSA) is 48.4 Å². The molecule has 0 unspecified atom stereocenters. The second kappa shape index (κ2) is 5.87. The molecule has 6 heteroatoms. The molecule has 0 saturated heterocycles. The first-order valence-corrected chi connectivity index (χ1v) is 6.16. The highest BCUT2D eigenvalue weighted by Gasteiger charge is 2.20. The standard InChI is InChI=1S/C15H13F2NO3/c1-4-7-20-15(19)21-14-8(2)9(3)18-11-6-5-10(16)13(17)12(11)14/h4-6H,1,7H2,2-3H3. The molecular formula is C15H13F2NO3. The van der Waals surface area contributed by atoms with Gasteiger partial charge in [-0.3, -0.25) is 4.98 Å². The minimum Gasteiger partial charge on any atom is -0.430 e. The van der Waals surface area contributed by atoms with E-state index in [2.05, 4.69) is 11.6 Å². The maximum absolute atomic E-state index is 14.0. The molecule has 0 amide bonds. The molecule has 0 radical (unpaired) electrons. The van der Waals surface area contributed by atoms with Crippen molar-refractivity contribution in [3.63, 3.8) is 0 Å². The molecule has 0 aliphatic rings. The Labute approximate surface area is 120 Å². The van der Waals surface area contributed by atoms with Crippen LogP contribution in [0, 0.1) is 25.5 Å². The van der Waals surface area contributed by atoms with Crippen LogP contribution in [0.3, 0.4) is 0 Å². The first-order chi connectivity index (χ1) is 9.95. The molecule has 21 heavy (non-hydrogen) atoms.